The van der Waals surface area contributed by atoms with Gasteiger partial charge in [0.1, 0.15) is 0 Å². The number of piperidine rings is 1. The van der Waals surface area contributed by atoms with Gasteiger partial charge in [0.2, 0.25) is 15.9 Å². The average Bonchev–Trinajstić information content (AvgIpc) is 3.20. The summed E-state index contributed by atoms with van der Waals surface area (Å²) in [5.41, 5.74) is 2.05. The van der Waals surface area contributed by atoms with E-state index in [1.165, 1.54) is 45.5 Å². The summed E-state index contributed by atoms with van der Waals surface area (Å²) in [4.78, 5) is 17.2. The van der Waals surface area contributed by atoms with Crippen LogP contribution in [0.25, 0.3) is 10.2 Å². The predicted molar refractivity (Wildman–Crippen MR) is 133 cm³/mol. The van der Waals surface area contributed by atoms with Crippen molar-refractivity contribution < 1.29 is 21.6 Å². The predicted octanol–water partition coefficient (Wildman–Crippen LogP) is 3.86. The van der Waals surface area contributed by atoms with Gasteiger partial charge in [-0.25, -0.2) is 21.8 Å². The van der Waals surface area contributed by atoms with Crippen LogP contribution in [0, 0.1) is 5.92 Å². The van der Waals surface area contributed by atoms with Gasteiger partial charge in [0.25, 0.3) is 0 Å². The summed E-state index contributed by atoms with van der Waals surface area (Å²) < 4.78 is 52.0. The maximum atomic E-state index is 13.0. The van der Waals surface area contributed by atoms with E-state index < -0.39 is 19.9 Å². The molecule has 34 heavy (non-hydrogen) atoms. The fourth-order valence-electron chi connectivity index (χ4n) is 3.93. The molecule has 0 atom stereocenters. The lowest BCUT2D eigenvalue weighted by Gasteiger charge is -2.30. The van der Waals surface area contributed by atoms with Crippen molar-refractivity contribution in [2.45, 2.75) is 42.4 Å². The maximum absolute atomic E-state index is 13.0. The van der Waals surface area contributed by atoms with E-state index in [4.69, 9.17) is 0 Å². The van der Waals surface area contributed by atoms with E-state index in [9.17, 15) is 21.6 Å². The number of benzene rings is 2. The molecular formula is C23H27N3O5S3. The third-order valence-corrected chi connectivity index (χ3v) is 9.94. The van der Waals surface area contributed by atoms with Gasteiger partial charge in [-0.05, 0) is 54.7 Å². The molecule has 8 nitrogen and oxygen atoms in total. The SMILES string of the molecule is CC(C)c1ccc2nc(NC(=O)C3CCN(S(=O)(=O)c4cccc(S(C)(=O)=O)c4)CC3)sc2c1. The van der Waals surface area contributed by atoms with Gasteiger partial charge in [0.05, 0.1) is 20.0 Å². The standard InChI is InChI=1S/C23H27N3O5S3/c1-15(2)17-7-8-20-21(13-17)32-23(24-20)25-22(27)16-9-11-26(12-10-16)34(30,31)19-6-4-5-18(14-19)33(3,28)29/h4-8,13-16H,9-12H2,1-3H3,(H,24,25,27). The lowest BCUT2D eigenvalue weighted by molar-refractivity contribution is -0.120. The fraction of sp³-hybridized carbons (Fsp3) is 0.391. The van der Waals surface area contributed by atoms with Crippen LogP contribution < -0.4 is 5.32 Å². The number of anilines is 1. The number of nitrogens with one attached hydrogen (secondary N) is 1. The molecule has 0 aliphatic carbocycles. The lowest BCUT2D eigenvalue weighted by Crippen LogP contribution is -2.41. The van der Waals surface area contributed by atoms with Crippen LogP contribution in [0.5, 0.6) is 0 Å². The fourth-order valence-corrected chi connectivity index (χ4v) is 7.11. The molecule has 1 aromatic heterocycles. The number of hydrogen-bond donors (Lipinski definition) is 1. The number of fused-ring (bicyclic) bond motifs is 1. The van der Waals surface area contributed by atoms with Crippen LogP contribution in [0.3, 0.4) is 0 Å². The monoisotopic (exact) mass is 521 g/mol. The van der Waals surface area contributed by atoms with E-state index in [2.05, 4.69) is 30.2 Å². The Morgan fingerprint density at radius 1 is 1.06 bits per heavy atom. The number of sulfonamides is 1. The Hall–Kier alpha value is -2.34. The quantitative estimate of drug-likeness (QED) is 0.527. The highest BCUT2D eigenvalue weighted by Crippen LogP contribution is 2.31. The Bertz CT molecular complexity index is 1440. The van der Waals surface area contributed by atoms with Gasteiger partial charge in [0, 0.05) is 25.3 Å². The molecule has 1 aliphatic heterocycles. The number of carbonyl (C=O) groups is 1. The lowest BCUT2D eigenvalue weighted by atomic mass is 9.97. The van der Waals surface area contributed by atoms with Crippen LogP contribution >= 0.6 is 11.3 Å². The summed E-state index contributed by atoms with van der Waals surface area (Å²) in [5, 5.41) is 3.43. The topological polar surface area (TPSA) is 114 Å². The van der Waals surface area contributed by atoms with E-state index in [-0.39, 0.29) is 34.7 Å². The molecule has 0 unspecified atom stereocenters. The summed E-state index contributed by atoms with van der Waals surface area (Å²) in [7, 11) is -7.38. The molecule has 1 aliphatic rings. The second-order valence-electron chi connectivity index (χ2n) is 8.82. The highest BCUT2D eigenvalue weighted by atomic mass is 32.2. The van der Waals surface area contributed by atoms with Gasteiger partial charge in [-0.1, -0.05) is 37.3 Å². The van der Waals surface area contributed by atoms with Crippen LogP contribution in [0.2, 0.25) is 0 Å². The molecule has 2 heterocycles. The number of thiazole rings is 1. The first kappa shape index (κ1) is 24.8. The van der Waals surface area contributed by atoms with E-state index in [1.807, 2.05) is 12.1 Å². The van der Waals surface area contributed by atoms with Crippen LogP contribution in [-0.4, -0.2) is 51.4 Å². The summed E-state index contributed by atoms with van der Waals surface area (Å²) >= 11 is 1.43. The third kappa shape index (κ3) is 5.17. The van der Waals surface area contributed by atoms with E-state index >= 15 is 0 Å². The molecule has 1 fully saturated rings. The zero-order valence-electron chi connectivity index (χ0n) is 19.2. The minimum atomic E-state index is -3.85. The third-order valence-electron chi connectivity index (χ3n) is 6.01. The molecular weight excluding hydrogens is 494 g/mol. The Morgan fingerprint density at radius 3 is 2.38 bits per heavy atom. The van der Waals surface area contributed by atoms with Crippen molar-refractivity contribution in [2.75, 3.05) is 24.7 Å². The van der Waals surface area contributed by atoms with Crippen LogP contribution in [0.1, 0.15) is 38.2 Å². The van der Waals surface area contributed by atoms with E-state index in [1.54, 1.807) is 0 Å². The van der Waals surface area contributed by atoms with Crippen molar-refractivity contribution in [2.24, 2.45) is 5.92 Å². The number of sulfone groups is 1. The number of aromatic nitrogens is 1. The zero-order valence-corrected chi connectivity index (χ0v) is 21.6. The summed E-state index contributed by atoms with van der Waals surface area (Å²) in [6, 6.07) is 11.5. The van der Waals surface area contributed by atoms with Gasteiger partial charge < -0.3 is 5.32 Å². The average molecular weight is 522 g/mol. The van der Waals surface area contributed by atoms with Crippen molar-refractivity contribution >= 4 is 52.5 Å². The molecule has 11 heteroatoms. The minimum Gasteiger partial charge on any atom is -0.302 e. The van der Waals surface area contributed by atoms with Gasteiger partial charge >= 0.3 is 0 Å². The number of carbonyl (C=O) groups excluding carboxylic acids is 1. The van der Waals surface area contributed by atoms with Gasteiger partial charge in [0.15, 0.2) is 15.0 Å². The summed E-state index contributed by atoms with van der Waals surface area (Å²) in [6.45, 7) is 4.61. The second-order valence-corrected chi connectivity index (χ2v) is 13.8. The molecule has 1 N–H and O–H groups in total. The zero-order chi connectivity index (χ0) is 24.7. The number of rotatable bonds is 6. The maximum Gasteiger partial charge on any atom is 0.243 e. The molecule has 0 spiro atoms. The molecule has 1 saturated heterocycles. The highest BCUT2D eigenvalue weighted by molar-refractivity contribution is 7.91. The van der Waals surface area contributed by atoms with E-state index in [0.29, 0.717) is 23.9 Å². The van der Waals surface area contributed by atoms with Crippen molar-refractivity contribution in [3.8, 4) is 0 Å². The molecule has 182 valence electrons. The highest BCUT2D eigenvalue weighted by Gasteiger charge is 2.32. The van der Waals surface area contributed by atoms with Gasteiger partial charge in [-0.3, -0.25) is 4.79 Å². The Kier molecular flexibility index (Phi) is 6.83. The van der Waals surface area contributed by atoms with Crippen molar-refractivity contribution in [3.05, 3.63) is 48.0 Å². The largest absolute Gasteiger partial charge is 0.302 e. The van der Waals surface area contributed by atoms with E-state index in [0.717, 1.165) is 16.5 Å². The number of nitrogens with zero attached hydrogens (tertiary/aromatic N) is 2. The smallest absolute Gasteiger partial charge is 0.243 e. The van der Waals surface area contributed by atoms with Crippen molar-refractivity contribution in [1.29, 1.82) is 0 Å². The first-order valence-electron chi connectivity index (χ1n) is 11.0. The van der Waals surface area contributed by atoms with Gasteiger partial charge in [-0.15, -0.1) is 0 Å². The molecule has 0 bridgehead atoms. The molecule has 3 aromatic rings. The van der Waals surface area contributed by atoms with Crippen LogP contribution in [-0.2, 0) is 24.7 Å². The number of amides is 1. The first-order chi connectivity index (χ1) is 15.9. The van der Waals surface area contributed by atoms with Crippen LogP contribution in [0.15, 0.2) is 52.3 Å². The first-order valence-corrected chi connectivity index (χ1v) is 15.1. The van der Waals surface area contributed by atoms with Crippen LogP contribution in [0.4, 0.5) is 5.13 Å². The molecule has 2 aromatic carbocycles. The number of hydrogen-bond acceptors (Lipinski definition) is 7. The molecule has 0 saturated carbocycles. The second kappa shape index (κ2) is 9.37. The van der Waals surface area contributed by atoms with Gasteiger partial charge in [-0.2, -0.15) is 4.31 Å². The Balaban J connectivity index is 1.41. The molecule has 0 radical (unpaired) electrons. The normalized spacial score (nSPS) is 16.2. The molecule has 1 amide bonds. The Morgan fingerprint density at radius 2 is 1.74 bits per heavy atom. The molecule has 4 rings (SSSR count). The summed E-state index contributed by atoms with van der Waals surface area (Å²) in [5.74, 6) is -0.0915. The van der Waals surface area contributed by atoms with Crippen molar-refractivity contribution in [1.82, 2.24) is 9.29 Å². The summed E-state index contributed by atoms with van der Waals surface area (Å²) in [6.07, 6.45) is 1.79. The van der Waals surface area contributed by atoms with Crippen molar-refractivity contribution in [3.63, 3.8) is 0 Å². The minimum absolute atomic E-state index is 0.0424. The Labute approximate surface area is 204 Å².